The first kappa shape index (κ1) is 61.6. The number of amides is 4. The first-order valence-corrected chi connectivity index (χ1v) is 30.5. The van der Waals surface area contributed by atoms with Crippen LogP contribution in [-0.4, -0.2) is 147 Å². The number of cyclic esters (lactones) is 1. The molecule has 448 valence electrons. The molecule has 5 N–H and O–H groups in total. The highest BCUT2D eigenvalue weighted by Gasteiger charge is 2.45. The normalized spacial score (nSPS) is 15.8. The first-order valence-electron chi connectivity index (χ1n) is 28.6. The Bertz CT molecular complexity index is 3350. The number of nitrogens with one attached hydrogen (secondary N) is 4. The number of rotatable bonds is 31. The van der Waals surface area contributed by atoms with E-state index in [4.69, 9.17) is 23.9 Å². The van der Waals surface area contributed by atoms with E-state index in [-0.39, 0.29) is 86.3 Å². The topological polar surface area (TPSA) is 319 Å². The van der Waals surface area contributed by atoms with E-state index < -0.39 is 51.2 Å². The second-order valence-electron chi connectivity index (χ2n) is 21.6. The molecule has 0 unspecified atom stereocenters. The lowest BCUT2D eigenvalue weighted by molar-refractivity contribution is -0.172. The van der Waals surface area contributed by atoms with Crippen LogP contribution >= 0.6 is 0 Å². The number of pyridine rings is 2. The average Bonchev–Trinajstić information content (AvgIpc) is 2.04. The van der Waals surface area contributed by atoms with Gasteiger partial charge in [0.2, 0.25) is 45.4 Å². The molecule has 0 spiro atoms. The molecule has 3 aliphatic rings. The second-order valence-corrected chi connectivity index (χ2v) is 23.5. The number of aryl methyl sites for hydroxylation is 2. The summed E-state index contributed by atoms with van der Waals surface area (Å²) in [5, 5.41) is 31.3. The molecule has 3 atom stereocenters. The maximum absolute atomic E-state index is 14.0. The fourth-order valence-corrected chi connectivity index (χ4v) is 11.1. The standard InChI is InChI=1S/C57H76N12O13S/c1-7-19-67(20-8-2)21-14-12-17-42(63-53(73)50(35(4)5)64-48(70)18-11-10-13-22-68-31-44(65-66-68)36-27-59-56(60-28-36)83(6,77)78)52(72)58-29-49(71)61-33-79-23-15-16-37-38-24-46-47(82-34-81-46)26-43(38)62-51-39(37)30-69-45(51)25-41-40(54(69)74)32-80-55(75)57(41,76)9-3/h24-28,31,35,42,50,76H,7-23,29-30,32-34H2,1-6H3,(H,58,72)(H,61,71)(H,63,73)(H,64,70)/t42-,50-,57-/m0/s1. The van der Waals surface area contributed by atoms with Gasteiger partial charge in [-0.3, -0.25) is 28.7 Å². The molecule has 5 aromatic rings. The third-order valence-electron chi connectivity index (χ3n) is 15.1. The van der Waals surface area contributed by atoms with Crippen molar-refractivity contribution in [2.75, 3.05) is 52.6 Å². The van der Waals surface area contributed by atoms with Crippen LogP contribution in [0.3, 0.4) is 0 Å². The number of fused-ring (bicyclic) bond motifs is 6. The van der Waals surface area contributed by atoms with Crippen molar-refractivity contribution in [3.63, 3.8) is 0 Å². The molecule has 7 heterocycles. The lowest BCUT2D eigenvalue weighted by atomic mass is 9.86. The predicted octanol–water partition coefficient (Wildman–Crippen LogP) is 3.58. The minimum Gasteiger partial charge on any atom is -0.458 e. The van der Waals surface area contributed by atoms with Crippen molar-refractivity contribution in [3.05, 3.63) is 69.4 Å². The first-order chi connectivity index (χ1) is 39.8. The molecule has 1 aromatic carbocycles. The van der Waals surface area contributed by atoms with E-state index in [1.54, 1.807) is 34.5 Å². The van der Waals surface area contributed by atoms with Crippen molar-refractivity contribution >= 4 is 50.3 Å². The van der Waals surface area contributed by atoms with Gasteiger partial charge < -0.3 is 54.8 Å². The minimum absolute atomic E-state index is 0.0156. The maximum Gasteiger partial charge on any atom is 0.343 e. The van der Waals surface area contributed by atoms with Crippen LogP contribution in [0.1, 0.15) is 128 Å². The van der Waals surface area contributed by atoms with Gasteiger partial charge >= 0.3 is 5.97 Å². The van der Waals surface area contributed by atoms with Gasteiger partial charge in [-0.1, -0.05) is 46.3 Å². The van der Waals surface area contributed by atoms with Crippen molar-refractivity contribution in [1.82, 2.24) is 60.7 Å². The minimum atomic E-state index is -3.54. The average molecular weight is 1170 g/mol. The van der Waals surface area contributed by atoms with Crippen LogP contribution in [0.4, 0.5) is 0 Å². The van der Waals surface area contributed by atoms with Crippen LogP contribution in [0, 0.1) is 5.92 Å². The summed E-state index contributed by atoms with van der Waals surface area (Å²) in [5.41, 5.74) is 2.45. The highest BCUT2D eigenvalue weighted by atomic mass is 32.2. The number of aliphatic hydroxyl groups is 1. The van der Waals surface area contributed by atoms with Gasteiger partial charge in [-0.2, -0.15) is 0 Å². The Hall–Kier alpha value is -7.42. The number of benzene rings is 1. The zero-order chi connectivity index (χ0) is 59.4. The van der Waals surface area contributed by atoms with Gasteiger partial charge in [0.15, 0.2) is 17.1 Å². The van der Waals surface area contributed by atoms with E-state index in [0.29, 0.717) is 91.2 Å². The number of ether oxygens (including phenoxy) is 4. The number of aromatic nitrogens is 7. The fourth-order valence-electron chi connectivity index (χ4n) is 10.6. The number of unbranched alkanes of at least 4 members (excludes halogenated alkanes) is 3. The second kappa shape index (κ2) is 27.8. The Kier molecular flexibility index (Phi) is 20.6. The number of carbonyl (C=O) groups excluding carboxylic acids is 5. The summed E-state index contributed by atoms with van der Waals surface area (Å²) < 4.78 is 49.2. The molecular weight excluding hydrogens is 1090 g/mol. The van der Waals surface area contributed by atoms with Crippen molar-refractivity contribution < 1.29 is 56.4 Å². The Balaban J connectivity index is 0.819. The molecule has 4 amide bonds. The van der Waals surface area contributed by atoms with Gasteiger partial charge in [0, 0.05) is 66.4 Å². The van der Waals surface area contributed by atoms with Crippen molar-refractivity contribution in [1.29, 1.82) is 0 Å². The number of hydrogen-bond donors (Lipinski definition) is 5. The maximum atomic E-state index is 14.0. The molecule has 0 bridgehead atoms. The predicted molar refractivity (Wildman–Crippen MR) is 303 cm³/mol. The molecule has 83 heavy (non-hydrogen) atoms. The molecule has 26 heteroatoms. The third kappa shape index (κ3) is 14.9. The highest BCUT2D eigenvalue weighted by molar-refractivity contribution is 7.90. The van der Waals surface area contributed by atoms with Crippen molar-refractivity contribution in [2.24, 2.45) is 5.92 Å². The number of esters is 1. The van der Waals surface area contributed by atoms with Gasteiger partial charge in [-0.05, 0) is 107 Å². The van der Waals surface area contributed by atoms with E-state index >= 15 is 0 Å². The van der Waals surface area contributed by atoms with Crippen LogP contribution in [0.15, 0.2) is 46.7 Å². The summed E-state index contributed by atoms with van der Waals surface area (Å²) in [6, 6.07) is 3.43. The largest absolute Gasteiger partial charge is 0.458 e. The Morgan fingerprint density at radius 2 is 1.61 bits per heavy atom. The summed E-state index contributed by atoms with van der Waals surface area (Å²) in [4.78, 5) is 96.0. The number of sulfone groups is 1. The fraction of sp³-hybridized carbons (Fsp3) is 0.561. The monoisotopic (exact) mass is 1170 g/mol. The van der Waals surface area contributed by atoms with E-state index in [0.717, 1.165) is 61.7 Å². The highest BCUT2D eigenvalue weighted by Crippen LogP contribution is 2.43. The molecule has 8 rings (SSSR count). The molecule has 25 nitrogen and oxygen atoms in total. The van der Waals surface area contributed by atoms with Gasteiger partial charge in [0.05, 0.1) is 41.8 Å². The smallest absolute Gasteiger partial charge is 0.343 e. The van der Waals surface area contributed by atoms with Gasteiger partial charge in [-0.15, -0.1) is 5.10 Å². The SMILES string of the molecule is CCCN(CCC)CCCC[C@H](NC(=O)[C@@H](NC(=O)CCCCCn1cc(-c2cnc(S(C)(=O)=O)nc2)nn1)C(C)C)C(=O)NCC(=O)NCOCCCc1c2c(nc3cc4c(cc13)OCO4)-c1cc3c(c(=O)n1C2)COC(=O)[C@]3(O)CC. The van der Waals surface area contributed by atoms with Crippen LogP contribution < -0.4 is 36.3 Å². The number of hydrogen-bond acceptors (Lipinski definition) is 19. The van der Waals surface area contributed by atoms with E-state index in [2.05, 4.69) is 60.3 Å². The number of nitrogens with zero attached hydrogens (tertiary/aromatic N) is 8. The van der Waals surface area contributed by atoms with Crippen LogP contribution in [0.5, 0.6) is 11.5 Å². The molecule has 0 saturated carbocycles. The number of carbonyl (C=O) groups is 5. The van der Waals surface area contributed by atoms with E-state index in [1.165, 1.54) is 12.4 Å². The molecule has 0 aliphatic carbocycles. The summed E-state index contributed by atoms with van der Waals surface area (Å²) in [6.45, 7) is 12.5. The molecule has 0 saturated heterocycles. The van der Waals surface area contributed by atoms with Gasteiger partial charge in [0.25, 0.3) is 5.56 Å². The lowest BCUT2D eigenvalue weighted by Gasteiger charge is -2.31. The Labute approximate surface area is 481 Å². The zero-order valence-electron chi connectivity index (χ0n) is 48.1. The lowest BCUT2D eigenvalue weighted by Crippen LogP contribution is -2.56. The molecule has 3 aliphatic heterocycles. The third-order valence-corrected chi connectivity index (χ3v) is 16.0. The van der Waals surface area contributed by atoms with Crippen molar-refractivity contribution in [3.8, 4) is 34.1 Å². The Morgan fingerprint density at radius 1 is 0.867 bits per heavy atom. The summed E-state index contributed by atoms with van der Waals surface area (Å²) in [5.74, 6) is -1.87. The molecule has 0 radical (unpaired) electrons. The van der Waals surface area contributed by atoms with Crippen LogP contribution in [-0.2, 0) is 75.0 Å². The zero-order valence-corrected chi connectivity index (χ0v) is 48.9. The molecule has 0 fully saturated rings. The Morgan fingerprint density at radius 3 is 2.33 bits per heavy atom. The van der Waals surface area contributed by atoms with Crippen LogP contribution in [0.2, 0.25) is 0 Å². The van der Waals surface area contributed by atoms with Crippen molar-refractivity contribution in [2.45, 2.75) is 154 Å². The van der Waals surface area contributed by atoms with E-state index in [1.807, 2.05) is 19.9 Å². The molecular formula is C57H76N12O13S. The summed E-state index contributed by atoms with van der Waals surface area (Å²) >= 11 is 0. The van der Waals surface area contributed by atoms with Crippen LogP contribution in [0.25, 0.3) is 33.5 Å². The van der Waals surface area contributed by atoms with Gasteiger partial charge in [0.1, 0.15) is 31.1 Å². The van der Waals surface area contributed by atoms with E-state index in [9.17, 15) is 42.3 Å². The molecule has 4 aromatic heterocycles. The summed E-state index contributed by atoms with van der Waals surface area (Å²) in [7, 11) is -3.54. The summed E-state index contributed by atoms with van der Waals surface area (Å²) in [6.07, 6.45) is 12.3. The van der Waals surface area contributed by atoms with Gasteiger partial charge in [-0.25, -0.2) is 28.2 Å². The quantitative estimate of drug-likeness (QED) is 0.0180.